The van der Waals surface area contributed by atoms with Gasteiger partial charge in [0.1, 0.15) is 5.82 Å². The van der Waals surface area contributed by atoms with E-state index >= 15 is 0 Å². The van der Waals surface area contributed by atoms with Gasteiger partial charge in [0.2, 0.25) is 0 Å². The van der Waals surface area contributed by atoms with E-state index in [1.54, 1.807) is 0 Å². The molecule has 2 heterocycles. The number of piperazine rings is 1. The van der Waals surface area contributed by atoms with Crippen LogP contribution < -0.4 is 15.5 Å². The number of pyridine rings is 1. The second-order valence-corrected chi connectivity index (χ2v) is 8.66. The van der Waals surface area contributed by atoms with Crippen molar-refractivity contribution >= 4 is 47.5 Å². The average Bonchev–Trinajstić information content (AvgIpc) is 3.15. The van der Waals surface area contributed by atoms with Gasteiger partial charge in [-0.25, -0.2) is 9.98 Å². The second kappa shape index (κ2) is 12.1. The first-order valence-electron chi connectivity index (χ1n) is 10.1. The highest BCUT2D eigenvalue weighted by Gasteiger charge is 2.24. The number of aliphatic imine (C=N–C) groups is 1. The maximum Gasteiger partial charge on any atom is 0.191 e. The number of hydrogen-bond acceptors (Lipinski definition) is 5. The molecule has 1 aromatic rings. The summed E-state index contributed by atoms with van der Waals surface area (Å²) >= 11 is 1.98. The van der Waals surface area contributed by atoms with Crippen molar-refractivity contribution in [1.82, 2.24) is 20.5 Å². The standard InChI is InChI=1S/C20H34N6S.HI/c1-4-21-20(24-17-6-7-18(13-17)27-3)23-15-16-5-8-19(22-14-16)26-11-9-25(2)10-12-26;/h5,8,14,17-18H,4,6-7,9-13,15H2,1-3H3,(H2,21,23,24);1H. The van der Waals surface area contributed by atoms with E-state index in [9.17, 15) is 0 Å². The molecule has 1 aromatic heterocycles. The Kier molecular flexibility index (Phi) is 10.1. The molecule has 2 N–H and O–H groups in total. The predicted molar refractivity (Wildman–Crippen MR) is 132 cm³/mol. The van der Waals surface area contributed by atoms with Crippen molar-refractivity contribution in [3.8, 4) is 0 Å². The van der Waals surface area contributed by atoms with Gasteiger partial charge in [-0.2, -0.15) is 11.8 Å². The van der Waals surface area contributed by atoms with Crippen LogP contribution in [0.15, 0.2) is 23.3 Å². The average molecular weight is 519 g/mol. The summed E-state index contributed by atoms with van der Waals surface area (Å²) < 4.78 is 0. The molecule has 1 aliphatic carbocycles. The first-order valence-corrected chi connectivity index (χ1v) is 11.4. The number of likely N-dealkylation sites (N-methyl/N-ethyl adjacent to an activating group) is 1. The van der Waals surface area contributed by atoms with Crippen molar-refractivity contribution < 1.29 is 0 Å². The van der Waals surface area contributed by atoms with Gasteiger partial charge in [-0.1, -0.05) is 6.07 Å². The van der Waals surface area contributed by atoms with Gasteiger partial charge in [0.05, 0.1) is 6.54 Å². The number of rotatable bonds is 6. The van der Waals surface area contributed by atoms with Crippen LogP contribution in [0.25, 0.3) is 0 Å². The fraction of sp³-hybridized carbons (Fsp3) is 0.700. The highest BCUT2D eigenvalue weighted by molar-refractivity contribution is 14.0. The number of anilines is 1. The molecule has 0 bridgehead atoms. The first-order chi connectivity index (χ1) is 13.2. The van der Waals surface area contributed by atoms with E-state index in [2.05, 4.69) is 57.8 Å². The lowest BCUT2D eigenvalue weighted by atomic mass is 10.2. The lowest BCUT2D eigenvalue weighted by Crippen LogP contribution is -2.44. The summed E-state index contributed by atoms with van der Waals surface area (Å²) in [4.78, 5) is 14.2. The summed E-state index contributed by atoms with van der Waals surface area (Å²) in [5, 5.41) is 7.78. The number of guanidine groups is 1. The molecule has 1 saturated carbocycles. The van der Waals surface area contributed by atoms with E-state index in [0.29, 0.717) is 12.6 Å². The van der Waals surface area contributed by atoms with Gasteiger partial charge in [0, 0.05) is 50.2 Å². The molecule has 28 heavy (non-hydrogen) atoms. The van der Waals surface area contributed by atoms with E-state index in [1.807, 2.05) is 18.0 Å². The maximum absolute atomic E-state index is 4.78. The Balaban J connectivity index is 0.00000280. The van der Waals surface area contributed by atoms with Gasteiger partial charge in [0.15, 0.2) is 5.96 Å². The van der Waals surface area contributed by atoms with Gasteiger partial charge in [-0.15, -0.1) is 24.0 Å². The first kappa shape index (κ1) is 23.5. The summed E-state index contributed by atoms with van der Waals surface area (Å²) in [7, 11) is 2.18. The SMILES string of the molecule is CCNC(=NCc1ccc(N2CCN(C)CC2)nc1)NC1CCC(SC)C1.I. The normalized spacial score (nSPS) is 23.4. The summed E-state index contributed by atoms with van der Waals surface area (Å²) in [5.74, 6) is 2.00. The molecular weight excluding hydrogens is 483 g/mol. The topological polar surface area (TPSA) is 55.8 Å². The summed E-state index contributed by atoms with van der Waals surface area (Å²) in [6.07, 6.45) is 7.95. The Labute approximate surface area is 191 Å². The van der Waals surface area contributed by atoms with Crippen molar-refractivity contribution in [2.75, 3.05) is 50.9 Å². The van der Waals surface area contributed by atoms with Gasteiger partial charge in [-0.05, 0) is 51.1 Å². The van der Waals surface area contributed by atoms with Crippen LogP contribution in [0, 0.1) is 0 Å². The van der Waals surface area contributed by atoms with Crippen molar-refractivity contribution in [1.29, 1.82) is 0 Å². The van der Waals surface area contributed by atoms with Gasteiger partial charge in [-0.3, -0.25) is 0 Å². The minimum absolute atomic E-state index is 0. The number of aromatic nitrogens is 1. The van der Waals surface area contributed by atoms with Crippen LogP contribution in [0.2, 0.25) is 0 Å². The molecule has 2 aliphatic rings. The minimum atomic E-state index is 0. The molecule has 2 atom stereocenters. The van der Waals surface area contributed by atoms with E-state index in [0.717, 1.165) is 55.3 Å². The molecule has 0 spiro atoms. The minimum Gasteiger partial charge on any atom is -0.357 e. The maximum atomic E-state index is 4.78. The molecule has 6 nitrogen and oxygen atoms in total. The Morgan fingerprint density at radius 1 is 1.25 bits per heavy atom. The predicted octanol–water partition coefficient (Wildman–Crippen LogP) is 2.79. The van der Waals surface area contributed by atoms with Crippen LogP contribution in [0.4, 0.5) is 5.82 Å². The van der Waals surface area contributed by atoms with Crippen LogP contribution in [0.1, 0.15) is 31.7 Å². The number of thioether (sulfide) groups is 1. The van der Waals surface area contributed by atoms with Gasteiger partial charge < -0.3 is 20.4 Å². The third kappa shape index (κ3) is 6.95. The van der Waals surface area contributed by atoms with Crippen molar-refractivity contribution in [2.45, 2.75) is 44.0 Å². The van der Waals surface area contributed by atoms with Crippen molar-refractivity contribution in [2.24, 2.45) is 4.99 Å². The Hall–Kier alpha value is -0.740. The monoisotopic (exact) mass is 518 g/mol. The third-order valence-electron chi connectivity index (χ3n) is 5.46. The molecule has 8 heteroatoms. The smallest absolute Gasteiger partial charge is 0.191 e. The molecule has 0 radical (unpaired) electrons. The second-order valence-electron chi connectivity index (χ2n) is 7.52. The zero-order chi connectivity index (χ0) is 19.1. The number of nitrogens with one attached hydrogen (secondary N) is 2. The molecule has 0 aromatic carbocycles. The molecular formula is C20H35IN6S. The summed E-state index contributed by atoms with van der Waals surface area (Å²) in [6, 6.07) is 4.84. The molecule has 1 aliphatic heterocycles. The Morgan fingerprint density at radius 3 is 2.64 bits per heavy atom. The van der Waals surface area contributed by atoms with Crippen LogP contribution >= 0.6 is 35.7 Å². The quantitative estimate of drug-likeness (QED) is 0.343. The third-order valence-corrected chi connectivity index (χ3v) is 6.55. The van der Waals surface area contributed by atoms with Crippen molar-refractivity contribution in [3.05, 3.63) is 23.9 Å². The van der Waals surface area contributed by atoms with Gasteiger partial charge >= 0.3 is 0 Å². The fourth-order valence-corrected chi connectivity index (χ4v) is 4.50. The lowest BCUT2D eigenvalue weighted by molar-refractivity contribution is 0.312. The molecule has 2 unspecified atom stereocenters. The molecule has 3 rings (SSSR count). The summed E-state index contributed by atoms with van der Waals surface area (Å²) in [5.41, 5.74) is 1.15. The van der Waals surface area contributed by atoms with E-state index in [4.69, 9.17) is 4.99 Å². The largest absolute Gasteiger partial charge is 0.357 e. The van der Waals surface area contributed by atoms with Crippen molar-refractivity contribution in [3.63, 3.8) is 0 Å². The van der Waals surface area contributed by atoms with E-state index < -0.39 is 0 Å². The zero-order valence-electron chi connectivity index (χ0n) is 17.4. The van der Waals surface area contributed by atoms with Crippen LogP contribution in [0.3, 0.4) is 0 Å². The highest BCUT2D eigenvalue weighted by Crippen LogP contribution is 2.28. The molecule has 0 amide bonds. The number of halogens is 1. The number of nitrogens with zero attached hydrogens (tertiary/aromatic N) is 4. The van der Waals surface area contributed by atoms with Crippen LogP contribution in [0.5, 0.6) is 0 Å². The molecule has 158 valence electrons. The lowest BCUT2D eigenvalue weighted by Gasteiger charge is -2.33. The van der Waals surface area contributed by atoms with Gasteiger partial charge in [0.25, 0.3) is 0 Å². The fourth-order valence-electron chi connectivity index (χ4n) is 3.70. The van der Waals surface area contributed by atoms with E-state index in [1.165, 1.54) is 19.3 Å². The van der Waals surface area contributed by atoms with E-state index in [-0.39, 0.29) is 24.0 Å². The molecule has 1 saturated heterocycles. The highest BCUT2D eigenvalue weighted by atomic mass is 127. The van der Waals surface area contributed by atoms with Crippen LogP contribution in [-0.2, 0) is 6.54 Å². The molecule has 2 fully saturated rings. The summed E-state index contributed by atoms with van der Waals surface area (Å²) in [6.45, 7) is 7.95. The Morgan fingerprint density at radius 2 is 2.04 bits per heavy atom. The zero-order valence-corrected chi connectivity index (χ0v) is 20.5. The van der Waals surface area contributed by atoms with Crippen LogP contribution in [-0.4, -0.2) is 73.2 Å². The number of hydrogen-bond donors (Lipinski definition) is 2. The Bertz CT molecular complexity index is 603.